The van der Waals surface area contributed by atoms with Crippen LogP contribution in [-0.4, -0.2) is 68.4 Å². The van der Waals surface area contributed by atoms with Gasteiger partial charge >= 0.3 is 0 Å². The summed E-state index contributed by atoms with van der Waals surface area (Å²) in [5.74, 6) is 2.06. The molecular formula is C19H33N5O2. The van der Waals surface area contributed by atoms with Crippen molar-refractivity contribution in [2.75, 3.05) is 46.4 Å². The number of rotatable bonds is 8. The average Bonchev–Trinajstić information content (AvgIpc) is 2.64. The third-order valence-electron chi connectivity index (χ3n) is 4.08. The van der Waals surface area contributed by atoms with E-state index >= 15 is 0 Å². The standard InChI is InChI=1S/C19H33N5O2/c1-5-20-19(21-11-16-7-6-8-18(23-16)25-4)22-12-17-14-24(9-10-26-17)13-15(2)3/h6-8,15,17H,5,9-14H2,1-4H3,(H2,20,21,22). The minimum absolute atomic E-state index is 0.182. The molecule has 146 valence electrons. The molecule has 7 nitrogen and oxygen atoms in total. The van der Waals surface area contributed by atoms with Crippen LogP contribution in [0.3, 0.4) is 0 Å². The fourth-order valence-corrected chi connectivity index (χ4v) is 2.96. The van der Waals surface area contributed by atoms with E-state index in [2.05, 4.69) is 46.3 Å². The molecule has 7 heteroatoms. The lowest BCUT2D eigenvalue weighted by molar-refractivity contribution is -0.0284. The maximum Gasteiger partial charge on any atom is 0.213 e. The minimum atomic E-state index is 0.182. The predicted octanol–water partition coefficient (Wildman–Crippen LogP) is 1.50. The molecule has 0 aromatic carbocycles. The molecule has 0 aliphatic carbocycles. The largest absolute Gasteiger partial charge is 0.481 e. The topological polar surface area (TPSA) is 71.0 Å². The summed E-state index contributed by atoms with van der Waals surface area (Å²) in [4.78, 5) is 11.5. The van der Waals surface area contributed by atoms with Gasteiger partial charge < -0.3 is 20.1 Å². The Morgan fingerprint density at radius 3 is 3.00 bits per heavy atom. The van der Waals surface area contributed by atoms with Crippen LogP contribution in [0, 0.1) is 5.92 Å². The van der Waals surface area contributed by atoms with E-state index in [0.29, 0.717) is 18.3 Å². The van der Waals surface area contributed by atoms with Gasteiger partial charge in [0.05, 0.1) is 32.1 Å². The molecule has 2 heterocycles. The monoisotopic (exact) mass is 363 g/mol. The van der Waals surface area contributed by atoms with Crippen LogP contribution in [0.25, 0.3) is 0 Å². The van der Waals surface area contributed by atoms with Gasteiger partial charge in [-0.1, -0.05) is 19.9 Å². The van der Waals surface area contributed by atoms with E-state index in [1.807, 2.05) is 18.2 Å². The van der Waals surface area contributed by atoms with E-state index in [9.17, 15) is 0 Å². The number of nitrogens with one attached hydrogen (secondary N) is 2. The molecule has 26 heavy (non-hydrogen) atoms. The molecule has 0 saturated carbocycles. The summed E-state index contributed by atoms with van der Waals surface area (Å²) >= 11 is 0. The zero-order valence-corrected chi connectivity index (χ0v) is 16.5. The molecular weight excluding hydrogens is 330 g/mol. The first kappa shape index (κ1) is 20.5. The maximum atomic E-state index is 5.90. The predicted molar refractivity (Wildman–Crippen MR) is 105 cm³/mol. The Morgan fingerprint density at radius 1 is 1.42 bits per heavy atom. The van der Waals surface area contributed by atoms with Crippen LogP contribution in [0.2, 0.25) is 0 Å². The van der Waals surface area contributed by atoms with Crippen LogP contribution < -0.4 is 15.4 Å². The number of methoxy groups -OCH3 is 1. The first-order chi connectivity index (χ1) is 12.6. The zero-order chi connectivity index (χ0) is 18.8. The Hall–Kier alpha value is -1.86. The van der Waals surface area contributed by atoms with Crippen molar-refractivity contribution in [1.29, 1.82) is 0 Å². The second-order valence-electron chi connectivity index (χ2n) is 6.89. The van der Waals surface area contributed by atoms with Gasteiger partial charge in [-0.15, -0.1) is 0 Å². The van der Waals surface area contributed by atoms with Crippen molar-refractivity contribution in [3.8, 4) is 5.88 Å². The van der Waals surface area contributed by atoms with Gasteiger partial charge in [-0.25, -0.2) is 9.98 Å². The third-order valence-corrected chi connectivity index (χ3v) is 4.08. The molecule has 1 aromatic rings. The number of guanidine groups is 1. The molecule has 0 bridgehead atoms. The van der Waals surface area contributed by atoms with Crippen LogP contribution in [0.15, 0.2) is 23.2 Å². The van der Waals surface area contributed by atoms with E-state index in [0.717, 1.165) is 51.0 Å². The van der Waals surface area contributed by atoms with Crippen LogP contribution in [0.1, 0.15) is 26.5 Å². The fraction of sp³-hybridized carbons (Fsp3) is 0.684. The van der Waals surface area contributed by atoms with Crippen LogP contribution in [0.5, 0.6) is 5.88 Å². The second-order valence-corrected chi connectivity index (χ2v) is 6.89. The number of ether oxygens (including phenoxy) is 2. The molecule has 1 aliphatic rings. The number of hydrogen-bond donors (Lipinski definition) is 2. The first-order valence-corrected chi connectivity index (χ1v) is 9.46. The molecule has 1 aromatic heterocycles. The van der Waals surface area contributed by atoms with E-state index < -0.39 is 0 Å². The number of aromatic nitrogens is 1. The average molecular weight is 364 g/mol. The molecule has 0 spiro atoms. The Balaban J connectivity index is 1.86. The fourth-order valence-electron chi connectivity index (χ4n) is 2.96. The number of hydrogen-bond acceptors (Lipinski definition) is 5. The normalized spacial score (nSPS) is 18.8. The second kappa shape index (κ2) is 11.0. The van der Waals surface area contributed by atoms with Crippen LogP contribution >= 0.6 is 0 Å². The van der Waals surface area contributed by atoms with E-state index in [-0.39, 0.29) is 6.10 Å². The first-order valence-electron chi connectivity index (χ1n) is 9.46. The summed E-state index contributed by atoms with van der Waals surface area (Å²) in [6.45, 7) is 12.5. The van der Waals surface area contributed by atoms with Crippen molar-refractivity contribution in [3.05, 3.63) is 23.9 Å². The summed E-state index contributed by atoms with van der Waals surface area (Å²) in [6.07, 6.45) is 0.182. The van der Waals surface area contributed by atoms with Crippen LogP contribution in [-0.2, 0) is 11.3 Å². The van der Waals surface area contributed by atoms with Gasteiger partial charge in [-0.05, 0) is 18.9 Å². The Kier molecular flexibility index (Phi) is 8.64. The quantitative estimate of drug-likeness (QED) is 0.539. The zero-order valence-electron chi connectivity index (χ0n) is 16.5. The Labute approximate surface area is 157 Å². The Bertz CT molecular complexity index is 565. The minimum Gasteiger partial charge on any atom is -0.481 e. The van der Waals surface area contributed by atoms with Crippen molar-refractivity contribution >= 4 is 5.96 Å². The highest BCUT2D eigenvalue weighted by Gasteiger charge is 2.21. The van der Waals surface area contributed by atoms with E-state index in [1.165, 1.54) is 0 Å². The van der Waals surface area contributed by atoms with Crippen molar-refractivity contribution < 1.29 is 9.47 Å². The van der Waals surface area contributed by atoms with Crippen molar-refractivity contribution in [3.63, 3.8) is 0 Å². The SMILES string of the molecule is CCNC(=NCc1cccc(OC)n1)NCC1CN(CC(C)C)CCO1. The van der Waals surface area contributed by atoms with Gasteiger partial charge in [-0.2, -0.15) is 0 Å². The van der Waals surface area contributed by atoms with Gasteiger partial charge in [0.2, 0.25) is 5.88 Å². The summed E-state index contributed by atoms with van der Waals surface area (Å²) in [7, 11) is 1.62. The van der Waals surface area contributed by atoms with Gasteiger partial charge in [-0.3, -0.25) is 4.90 Å². The maximum absolute atomic E-state index is 5.90. The summed E-state index contributed by atoms with van der Waals surface area (Å²) < 4.78 is 11.1. The summed E-state index contributed by atoms with van der Waals surface area (Å²) in [5.41, 5.74) is 0.874. The number of morpholine rings is 1. The van der Waals surface area contributed by atoms with Gasteiger partial charge in [0.15, 0.2) is 5.96 Å². The number of nitrogens with zero attached hydrogens (tertiary/aromatic N) is 3. The highest BCUT2D eigenvalue weighted by atomic mass is 16.5. The Morgan fingerprint density at radius 2 is 2.27 bits per heavy atom. The van der Waals surface area contributed by atoms with E-state index in [4.69, 9.17) is 9.47 Å². The lowest BCUT2D eigenvalue weighted by atomic mass is 10.2. The van der Waals surface area contributed by atoms with Gasteiger partial charge in [0.25, 0.3) is 0 Å². The van der Waals surface area contributed by atoms with Gasteiger partial charge in [0.1, 0.15) is 0 Å². The van der Waals surface area contributed by atoms with Crippen molar-refractivity contribution in [1.82, 2.24) is 20.5 Å². The number of aliphatic imine (C=N–C) groups is 1. The highest BCUT2D eigenvalue weighted by molar-refractivity contribution is 5.79. The molecule has 0 amide bonds. The van der Waals surface area contributed by atoms with E-state index in [1.54, 1.807) is 7.11 Å². The molecule has 1 saturated heterocycles. The molecule has 1 fully saturated rings. The van der Waals surface area contributed by atoms with Crippen molar-refractivity contribution in [2.45, 2.75) is 33.4 Å². The molecule has 2 rings (SSSR count). The summed E-state index contributed by atoms with van der Waals surface area (Å²) in [6, 6.07) is 5.71. The molecule has 1 unspecified atom stereocenters. The van der Waals surface area contributed by atoms with Gasteiger partial charge in [0, 0.05) is 38.8 Å². The smallest absolute Gasteiger partial charge is 0.213 e. The van der Waals surface area contributed by atoms with Crippen LogP contribution in [0.4, 0.5) is 0 Å². The number of pyridine rings is 1. The lowest BCUT2D eigenvalue weighted by Crippen LogP contribution is -2.50. The summed E-state index contributed by atoms with van der Waals surface area (Å²) in [5, 5.41) is 6.67. The lowest BCUT2D eigenvalue weighted by Gasteiger charge is -2.34. The van der Waals surface area contributed by atoms with Crippen molar-refractivity contribution in [2.24, 2.45) is 10.9 Å². The third kappa shape index (κ3) is 7.17. The highest BCUT2D eigenvalue weighted by Crippen LogP contribution is 2.08. The molecule has 1 aliphatic heterocycles. The molecule has 0 radical (unpaired) electrons. The molecule has 1 atom stereocenters. The molecule has 2 N–H and O–H groups in total.